The van der Waals surface area contributed by atoms with Gasteiger partial charge in [-0.15, -0.1) is 0 Å². The third-order valence-electron chi connectivity index (χ3n) is 5.11. The van der Waals surface area contributed by atoms with Gasteiger partial charge in [0.25, 0.3) is 0 Å². The molecule has 0 aliphatic heterocycles. The number of rotatable bonds is 2. The van der Waals surface area contributed by atoms with Gasteiger partial charge in [0.05, 0.1) is 5.60 Å². The Labute approximate surface area is 98.8 Å². The van der Waals surface area contributed by atoms with E-state index in [1.54, 1.807) is 0 Å². The van der Waals surface area contributed by atoms with Crippen molar-refractivity contribution in [3.8, 4) is 0 Å². The topological polar surface area (TPSA) is 32.3 Å². The van der Waals surface area contributed by atoms with Crippen molar-refractivity contribution in [2.75, 3.05) is 6.54 Å². The number of nitrogens with one attached hydrogen (secondary N) is 1. The molecule has 0 aromatic heterocycles. The fraction of sp³-hybridized carbons (Fsp3) is 1.00. The van der Waals surface area contributed by atoms with Gasteiger partial charge >= 0.3 is 0 Å². The van der Waals surface area contributed by atoms with Crippen molar-refractivity contribution in [1.29, 1.82) is 0 Å². The fourth-order valence-electron chi connectivity index (χ4n) is 6.20. The molecule has 4 fully saturated rings. The Kier molecular flexibility index (Phi) is 1.96. The summed E-state index contributed by atoms with van der Waals surface area (Å²) in [6, 6.07) is 0. The first-order chi connectivity index (χ1) is 7.30. The molecule has 2 nitrogen and oxygen atoms in total. The second-order valence-corrected chi connectivity index (χ2v) is 7.72. The average molecular weight is 223 g/mol. The van der Waals surface area contributed by atoms with Crippen molar-refractivity contribution < 1.29 is 5.11 Å². The van der Waals surface area contributed by atoms with E-state index >= 15 is 0 Å². The van der Waals surface area contributed by atoms with Gasteiger partial charge in [0.2, 0.25) is 0 Å². The van der Waals surface area contributed by atoms with Crippen LogP contribution < -0.4 is 5.32 Å². The Hall–Kier alpha value is -0.0800. The molecule has 0 aromatic rings. The van der Waals surface area contributed by atoms with Gasteiger partial charge in [-0.1, -0.05) is 20.8 Å². The molecular weight excluding hydrogens is 198 g/mol. The highest BCUT2D eigenvalue weighted by molar-refractivity contribution is 5.19. The van der Waals surface area contributed by atoms with Crippen LogP contribution in [0.4, 0.5) is 0 Å². The van der Waals surface area contributed by atoms with E-state index < -0.39 is 0 Å². The van der Waals surface area contributed by atoms with Crippen LogP contribution in [0.25, 0.3) is 0 Å². The Morgan fingerprint density at radius 1 is 0.938 bits per heavy atom. The molecule has 2 unspecified atom stereocenters. The summed E-state index contributed by atoms with van der Waals surface area (Å²) in [5, 5.41) is 14.5. The maximum Gasteiger partial charge on any atom is 0.0675 e. The Morgan fingerprint density at radius 2 is 1.50 bits per heavy atom. The van der Waals surface area contributed by atoms with Crippen molar-refractivity contribution in [3.05, 3.63) is 0 Å². The minimum atomic E-state index is -0.375. The van der Waals surface area contributed by atoms with E-state index in [0.29, 0.717) is 10.8 Å². The molecular formula is C14H25NO. The van der Waals surface area contributed by atoms with Gasteiger partial charge in [0, 0.05) is 5.54 Å². The second kappa shape index (κ2) is 2.84. The molecule has 92 valence electrons. The van der Waals surface area contributed by atoms with Gasteiger partial charge in [0.1, 0.15) is 0 Å². The monoisotopic (exact) mass is 223 g/mol. The molecule has 0 amide bonds. The third-order valence-corrected chi connectivity index (χ3v) is 5.11. The Bertz CT molecular complexity index is 271. The summed E-state index contributed by atoms with van der Waals surface area (Å²) in [6.07, 6.45) is 6.90. The largest absolute Gasteiger partial charge is 0.390 e. The lowest BCUT2D eigenvalue weighted by atomic mass is 9.41. The highest BCUT2D eigenvalue weighted by atomic mass is 16.3. The van der Waals surface area contributed by atoms with Crippen LogP contribution in [0, 0.1) is 10.8 Å². The van der Waals surface area contributed by atoms with Crippen molar-refractivity contribution >= 4 is 0 Å². The van der Waals surface area contributed by atoms with Crippen LogP contribution in [0.15, 0.2) is 0 Å². The molecule has 0 saturated heterocycles. The van der Waals surface area contributed by atoms with E-state index in [2.05, 4.69) is 26.1 Å². The number of hydrogen-bond acceptors (Lipinski definition) is 2. The predicted octanol–water partition coefficient (Wildman–Crippen LogP) is 2.46. The van der Waals surface area contributed by atoms with Gasteiger partial charge in [0.15, 0.2) is 0 Å². The minimum absolute atomic E-state index is 0.238. The lowest BCUT2D eigenvalue weighted by molar-refractivity contribution is -0.204. The van der Waals surface area contributed by atoms with Gasteiger partial charge < -0.3 is 10.4 Å². The second-order valence-electron chi connectivity index (χ2n) is 7.72. The van der Waals surface area contributed by atoms with E-state index in [4.69, 9.17) is 0 Å². The summed E-state index contributed by atoms with van der Waals surface area (Å²) in [7, 11) is 0. The smallest absolute Gasteiger partial charge is 0.0675 e. The van der Waals surface area contributed by atoms with E-state index in [1.807, 2.05) is 0 Å². The number of aliphatic hydroxyl groups is 1. The van der Waals surface area contributed by atoms with Crippen LogP contribution in [0.1, 0.15) is 59.3 Å². The Balaban J connectivity index is 2.00. The zero-order valence-corrected chi connectivity index (χ0v) is 10.9. The van der Waals surface area contributed by atoms with Crippen LogP contribution in [0.5, 0.6) is 0 Å². The number of hydrogen-bond donors (Lipinski definition) is 2. The predicted molar refractivity (Wildman–Crippen MR) is 65.3 cm³/mol. The van der Waals surface area contributed by atoms with Crippen LogP contribution in [0.3, 0.4) is 0 Å². The molecule has 0 heterocycles. The lowest BCUT2D eigenvalue weighted by Gasteiger charge is -2.68. The van der Waals surface area contributed by atoms with Crippen molar-refractivity contribution in [2.24, 2.45) is 10.8 Å². The van der Waals surface area contributed by atoms with Gasteiger partial charge in [-0.25, -0.2) is 0 Å². The molecule has 4 aliphatic carbocycles. The zero-order valence-electron chi connectivity index (χ0n) is 10.9. The summed E-state index contributed by atoms with van der Waals surface area (Å²) in [5.74, 6) is 0. The fourth-order valence-corrected chi connectivity index (χ4v) is 6.20. The summed E-state index contributed by atoms with van der Waals surface area (Å²) in [6.45, 7) is 8.00. The quantitative estimate of drug-likeness (QED) is 0.753. The van der Waals surface area contributed by atoms with E-state index in [-0.39, 0.29) is 11.1 Å². The highest BCUT2D eigenvalue weighted by Crippen LogP contribution is 2.67. The van der Waals surface area contributed by atoms with Gasteiger partial charge in [-0.05, 0) is 55.9 Å². The molecule has 16 heavy (non-hydrogen) atoms. The molecule has 4 rings (SSSR count). The lowest BCUT2D eigenvalue weighted by Crippen LogP contribution is -2.69. The molecule has 4 saturated carbocycles. The minimum Gasteiger partial charge on any atom is -0.390 e. The van der Waals surface area contributed by atoms with Crippen LogP contribution >= 0.6 is 0 Å². The van der Waals surface area contributed by atoms with Gasteiger partial charge in [-0.3, -0.25) is 0 Å². The zero-order chi connectivity index (χ0) is 11.7. The van der Waals surface area contributed by atoms with Crippen LogP contribution in [-0.2, 0) is 0 Å². The van der Waals surface area contributed by atoms with Crippen molar-refractivity contribution in [1.82, 2.24) is 5.32 Å². The SMILES string of the molecule is CCNC12CC3(C)CC(C)(CC(O)(C3)C1)C2. The maximum absolute atomic E-state index is 10.8. The first-order valence-electron chi connectivity index (χ1n) is 6.78. The molecule has 4 aliphatic rings. The Morgan fingerprint density at radius 3 is 1.94 bits per heavy atom. The van der Waals surface area contributed by atoms with E-state index in [0.717, 1.165) is 25.8 Å². The summed E-state index contributed by atoms with van der Waals surface area (Å²) < 4.78 is 0. The molecule has 0 spiro atoms. The van der Waals surface area contributed by atoms with Crippen molar-refractivity contribution in [2.45, 2.75) is 70.4 Å². The molecule has 4 bridgehead atoms. The van der Waals surface area contributed by atoms with Crippen LogP contribution in [-0.4, -0.2) is 22.8 Å². The first-order valence-corrected chi connectivity index (χ1v) is 6.78. The highest BCUT2D eigenvalue weighted by Gasteiger charge is 2.64. The van der Waals surface area contributed by atoms with E-state index in [9.17, 15) is 5.11 Å². The van der Waals surface area contributed by atoms with Gasteiger partial charge in [-0.2, -0.15) is 0 Å². The maximum atomic E-state index is 10.8. The summed E-state index contributed by atoms with van der Waals surface area (Å²) in [5.41, 5.74) is 0.614. The summed E-state index contributed by atoms with van der Waals surface area (Å²) >= 11 is 0. The summed E-state index contributed by atoms with van der Waals surface area (Å²) in [4.78, 5) is 0. The molecule has 2 heteroatoms. The van der Waals surface area contributed by atoms with E-state index in [1.165, 1.54) is 19.3 Å². The standard InChI is InChI=1S/C14H25NO/c1-4-15-13-6-11(2)5-12(3,7-13)9-14(16,8-11)10-13/h15-16H,4-10H2,1-3H3. The molecule has 0 radical (unpaired) electrons. The molecule has 2 atom stereocenters. The third kappa shape index (κ3) is 1.46. The van der Waals surface area contributed by atoms with Crippen LogP contribution in [0.2, 0.25) is 0 Å². The van der Waals surface area contributed by atoms with Crippen molar-refractivity contribution in [3.63, 3.8) is 0 Å². The molecule has 0 aromatic carbocycles. The first kappa shape index (κ1) is 11.0. The average Bonchev–Trinajstić information content (AvgIpc) is 1.91. The normalized spacial score (nSPS) is 59.2. The molecule has 2 N–H and O–H groups in total.